The number of nitrogens with zero attached hydrogens (tertiary/aromatic N) is 1. The number of anilines is 2. The number of nitrogens with one attached hydrogen (secondary N) is 1. The Balaban J connectivity index is 1.23. The SMILES string of the molecule is COc1ccc(CCCCC(=O)Nc2ccc3c(c2)CCN3C(=O)C2CC2)cc1. The number of rotatable bonds is 8. The Morgan fingerprint density at radius 1 is 1.10 bits per heavy atom. The molecule has 29 heavy (non-hydrogen) atoms. The van der Waals surface area contributed by atoms with E-state index in [1.165, 1.54) is 5.56 Å². The van der Waals surface area contributed by atoms with E-state index in [0.29, 0.717) is 6.42 Å². The fourth-order valence-electron chi connectivity index (χ4n) is 3.89. The van der Waals surface area contributed by atoms with Crippen molar-refractivity contribution in [1.82, 2.24) is 0 Å². The van der Waals surface area contributed by atoms with Crippen LogP contribution in [0.15, 0.2) is 42.5 Å². The lowest BCUT2D eigenvalue weighted by Gasteiger charge is -2.17. The molecule has 1 fully saturated rings. The van der Waals surface area contributed by atoms with Crippen LogP contribution in [0, 0.1) is 5.92 Å². The molecule has 1 aliphatic carbocycles. The Hall–Kier alpha value is -2.82. The van der Waals surface area contributed by atoms with E-state index in [2.05, 4.69) is 17.4 Å². The molecule has 1 heterocycles. The third-order valence-corrected chi connectivity index (χ3v) is 5.73. The summed E-state index contributed by atoms with van der Waals surface area (Å²) in [5, 5.41) is 3.01. The number of unbranched alkanes of at least 4 members (excludes halogenated alkanes) is 1. The largest absolute Gasteiger partial charge is 0.497 e. The van der Waals surface area contributed by atoms with E-state index in [0.717, 1.165) is 67.8 Å². The van der Waals surface area contributed by atoms with Crippen LogP contribution >= 0.6 is 0 Å². The molecule has 1 aliphatic heterocycles. The van der Waals surface area contributed by atoms with Gasteiger partial charge < -0.3 is 15.0 Å². The van der Waals surface area contributed by atoms with Gasteiger partial charge in [-0.2, -0.15) is 0 Å². The Morgan fingerprint density at radius 2 is 1.90 bits per heavy atom. The second-order valence-corrected chi connectivity index (χ2v) is 7.96. The lowest BCUT2D eigenvalue weighted by Crippen LogP contribution is -2.30. The summed E-state index contributed by atoms with van der Waals surface area (Å²) < 4.78 is 5.17. The Morgan fingerprint density at radius 3 is 2.62 bits per heavy atom. The highest BCUT2D eigenvalue weighted by Crippen LogP contribution is 2.37. The van der Waals surface area contributed by atoms with Crippen molar-refractivity contribution in [2.24, 2.45) is 5.92 Å². The molecule has 0 radical (unpaired) electrons. The summed E-state index contributed by atoms with van der Waals surface area (Å²) in [6.45, 7) is 0.757. The molecule has 4 rings (SSSR count). The van der Waals surface area contributed by atoms with Crippen LogP contribution in [0.1, 0.15) is 43.2 Å². The molecular weight excluding hydrogens is 364 g/mol. The van der Waals surface area contributed by atoms with E-state index in [1.807, 2.05) is 35.2 Å². The number of hydrogen-bond acceptors (Lipinski definition) is 3. The first-order valence-corrected chi connectivity index (χ1v) is 10.5. The van der Waals surface area contributed by atoms with Crippen molar-refractivity contribution in [1.29, 1.82) is 0 Å². The van der Waals surface area contributed by atoms with Gasteiger partial charge in [0.05, 0.1) is 7.11 Å². The normalized spacial score (nSPS) is 15.1. The molecule has 2 aromatic carbocycles. The zero-order valence-electron chi connectivity index (χ0n) is 16.9. The Labute approximate surface area is 172 Å². The summed E-state index contributed by atoms with van der Waals surface area (Å²) in [6.07, 6.45) is 6.21. The van der Waals surface area contributed by atoms with Crippen LogP contribution in [0.4, 0.5) is 11.4 Å². The monoisotopic (exact) mass is 392 g/mol. The molecule has 152 valence electrons. The first-order valence-electron chi connectivity index (χ1n) is 10.5. The molecule has 0 bridgehead atoms. The molecule has 1 N–H and O–H groups in total. The number of carbonyl (C=O) groups is 2. The van der Waals surface area contributed by atoms with E-state index in [9.17, 15) is 9.59 Å². The summed E-state index contributed by atoms with van der Waals surface area (Å²) in [6, 6.07) is 14.0. The summed E-state index contributed by atoms with van der Waals surface area (Å²) in [5.74, 6) is 1.40. The van der Waals surface area contributed by atoms with Gasteiger partial charge in [-0.25, -0.2) is 0 Å². The van der Waals surface area contributed by atoms with Gasteiger partial charge in [-0.3, -0.25) is 9.59 Å². The molecule has 2 amide bonds. The van der Waals surface area contributed by atoms with Crippen LogP contribution in [0.25, 0.3) is 0 Å². The van der Waals surface area contributed by atoms with Crippen LogP contribution in [-0.2, 0) is 22.4 Å². The fraction of sp³-hybridized carbons (Fsp3) is 0.417. The highest BCUT2D eigenvalue weighted by atomic mass is 16.5. The summed E-state index contributed by atoms with van der Waals surface area (Å²) in [5.41, 5.74) is 4.25. The van der Waals surface area contributed by atoms with Crippen molar-refractivity contribution in [3.05, 3.63) is 53.6 Å². The number of ether oxygens (including phenoxy) is 1. The average Bonchev–Trinajstić information content (AvgIpc) is 3.51. The van der Waals surface area contributed by atoms with Crippen LogP contribution in [0.2, 0.25) is 0 Å². The minimum absolute atomic E-state index is 0.0450. The van der Waals surface area contributed by atoms with E-state index < -0.39 is 0 Å². The highest BCUT2D eigenvalue weighted by molar-refractivity contribution is 5.99. The Bertz CT molecular complexity index is 887. The van der Waals surface area contributed by atoms with Crippen molar-refractivity contribution >= 4 is 23.2 Å². The maximum atomic E-state index is 12.4. The number of fused-ring (bicyclic) bond motifs is 1. The van der Waals surface area contributed by atoms with E-state index in [1.54, 1.807) is 7.11 Å². The third kappa shape index (κ3) is 4.78. The van der Waals surface area contributed by atoms with Gasteiger partial charge in [-0.1, -0.05) is 12.1 Å². The van der Waals surface area contributed by atoms with Crippen molar-refractivity contribution in [3.63, 3.8) is 0 Å². The second kappa shape index (κ2) is 8.68. The first-order chi connectivity index (χ1) is 14.1. The van der Waals surface area contributed by atoms with E-state index >= 15 is 0 Å². The second-order valence-electron chi connectivity index (χ2n) is 7.96. The standard InChI is InChI=1S/C24H28N2O3/c1-29-21-11-6-17(7-12-21)4-2-3-5-23(27)25-20-10-13-22-19(16-20)14-15-26(22)24(28)18-8-9-18/h6-7,10-13,16,18H,2-5,8-9,14-15H2,1H3,(H,25,27). The smallest absolute Gasteiger partial charge is 0.230 e. The fourth-order valence-corrected chi connectivity index (χ4v) is 3.89. The zero-order chi connectivity index (χ0) is 20.2. The molecule has 0 atom stereocenters. The molecule has 0 aromatic heterocycles. The van der Waals surface area contributed by atoms with E-state index in [-0.39, 0.29) is 17.7 Å². The highest BCUT2D eigenvalue weighted by Gasteiger charge is 2.36. The van der Waals surface area contributed by atoms with Gasteiger partial charge in [0.1, 0.15) is 5.75 Å². The molecule has 0 saturated heterocycles. The zero-order valence-corrected chi connectivity index (χ0v) is 16.9. The third-order valence-electron chi connectivity index (χ3n) is 5.73. The van der Waals surface area contributed by atoms with Gasteiger partial charge >= 0.3 is 0 Å². The number of hydrogen-bond donors (Lipinski definition) is 1. The van der Waals surface area contributed by atoms with Crippen molar-refractivity contribution in [3.8, 4) is 5.75 Å². The van der Waals surface area contributed by atoms with E-state index in [4.69, 9.17) is 4.74 Å². The number of methoxy groups -OCH3 is 1. The number of aryl methyl sites for hydroxylation is 1. The van der Waals surface area contributed by atoms with Crippen LogP contribution < -0.4 is 15.0 Å². The predicted octanol–water partition coefficient (Wildman–Crippen LogP) is 4.35. The van der Waals surface area contributed by atoms with Crippen molar-refractivity contribution in [2.75, 3.05) is 23.9 Å². The van der Waals surface area contributed by atoms with Gasteiger partial charge in [0, 0.05) is 30.3 Å². The molecular formula is C24H28N2O3. The summed E-state index contributed by atoms with van der Waals surface area (Å²) in [7, 11) is 1.67. The predicted molar refractivity (Wildman–Crippen MR) is 114 cm³/mol. The molecule has 1 saturated carbocycles. The molecule has 2 aromatic rings. The number of amides is 2. The number of benzene rings is 2. The van der Waals surface area contributed by atoms with Gasteiger partial charge in [0.15, 0.2) is 0 Å². The maximum Gasteiger partial charge on any atom is 0.230 e. The number of carbonyl (C=O) groups excluding carboxylic acids is 2. The van der Waals surface area contributed by atoms with Crippen LogP contribution in [-0.4, -0.2) is 25.5 Å². The van der Waals surface area contributed by atoms with Crippen LogP contribution in [0.3, 0.4) is 0 Å². The van der Waals surface area contributed by atoms with Gasteiger partial charge in [0.25, 0.3) is 0 Å². The molecule has 2 aliphatic rings. The van der Waals surface area contributed by atoms with Crippen LogP contribution in [0.5, 0.6) is 5.75 Å². The lowest BCUT2D eigenvalue weighted by molar-refractivity contribution is -0.119. The Kier molecular flexibility index (Phi) is 5.84. The average molecular weight is 392 g/mol. The molecule has 0 unspecified atom stereocenters. The quantitative estimate of drug-likeness (QED) is 0.680. The first kappa shape index (κ1) is 19.5. The van der Waals surface area contributed by atoms with Gasteiger partial charge in [-0.05, 0) is 80.0 Å². The summed E-state index contributed by atoms with van der Waals surface area (Å²) >= 11 is 0. The molecule has 0 spiro atoms. The molecule has 5 heteroatoms. The van der Waals surface area contributed by atoms with Gasteiger partial charge in [0.2, 0.25) is 11.8 Å². The minimum Gasteiger partial charge on any atom is -0.497 e. The lowest BCUT2D eigenvalue weighted by atomic mass is 10.1. The van der Waals surface area contributed by atoms with Crippen molar-refractivity contribution in [2.45, 2.75) is 44.9 Å². The topological polar surface area (TPSA) is 58.6 Å². The minimum atomic E-state index is 0.0450. The van der Waals surface area contributed by atoms with Crippen molar-refractivity contribution < 1.29 is 14.3 Å². The maximum absolute atomic E-state index is 12.4. The summed E-state index contributed by atoms with van der Waals surface area (Å²) in [4.78, 5) is 26.6. The molecule has 5 nitrogen and oxygen atoms in total. The van der Waals surface area contributed by atoms with Gasteiger partial charge in [-0.15, -0.1) is 0 Å².